The predicted octanol–water partition coefficient (Wildman–Crippen LogP) is 2.25. The number of aliphatic hydroxyl groups excluding tert-OH is 2. The molecule has 1 rings (SSSR count). The fourth-order valence-corrected chi connectivity index (χ4v) is 2.09. The summed E-state index contributed by atoms with van der Waals surface area (Å²) in [7, 11) is 1.51. The van der Waals surface area contributed by atoms with Gasteiger partial charge in [0.05, 0.1) is 19.3 Å². The van der Waals surface area contributed by atoms with Crippen molar-refractivity contribution in [2.75, 3.05) is 7.11 Å². The van der Waals surface area contributed by atoms with Gasteiger partial charge in [-0.05, 0) is 43.4 Å². The van der Waals surface area contributed by atoms with Crippen molar-refractivity contribution in [1.29, 1.82) is 0 Å². The number of benzene rings is 1. The van der Waals surface area contributed by atoms with Gasteiger partial charge in [0.15, 0.2) is 11.5 Å². The van der Waals surface area contributed by atoms with Crippen LogP contribution in [0.2, 0.25) is 0 Å². The summed E-state index contributed by atoms with van der Waals surface area (Å²) in [6.45, 7) is 2.01. The summed E-state index contributed by atoms with van der Waals surface area (Å²) in [6.07, 6.45) is 2.43. The van der Waals surface area contributed by atoms with Crippen molar-refractivity contribution in [3.05, 3.63) is 23.8 Å². The topological polar surface area (TPSA) is 69.9 Å². The number of methoxy groups -OCH3 is 1. The normalized spacial score (nSPS) is 14.1. The number of phenolic OH excluding ortho intramolecular Hbond substituents is 1. The molecule has 0 saturated heterocycles. The molecule has 1 aromatic carbocycles. The second-order valence-corrected chi connectivity index (χ2v) is 4.88. The molecule has 1 aromatic rings. The maximum atomic E-state index is 9.85. The maximum Gasteiger partial charge on any atom is 0.160 e. The van der Waals surface area contributed by atoms with E-state index >= 15 is 0 Å². The molecule has 0 heterocycles. The average molecular weight is 268 g/mol. The predicted molar refractivity (Wildman–Crippen MR) is 74.5 cm³/mol. The summed E-state index contributed by atoms with van der Waals surface area (Å²) in [6, 6.07) is 5.17. The van der Waals surface area contributed by atoms with Gasteiger partial charge in [0, 0.05) is 0 Å². The molecule has 4 heteroatoms. The zero-order valence-corrected chi connectivity index (χ0v) is 11.7. The molecular weight excluding hydrogens is 244 g/mol. The van der Waals surface area contributed by atoms with E-state index in [0.717, 1.165) is 18.4 Å². The smallest absolute Gasteiger partial charge is 0.160 e. The summed E-state index contributed by atoms with van der Waals surface area (Å²) >= 11 is 0. The van der Waals surface area contributed by atoms with Crippen LogP contribution in [0.3, 0.4) is 0 Å². The molecule has 0 saturated carbocycles. The highest BCUT2D eigenvalue weighted by Crippen LogP contribution is 2.27. The van der Waals surface area contributed by atoms with Gasteiger partial charge in [-0.2, -0.15) is 0 Å². The lowest BCUT2D eigenvalue weighted by atomic mass is 10.0. The Bertz CT molecular complexity index is 378. The number of rotatable bonds is 8. The third-order valence-corrected chi connectivity index (χ3v) is 3.18. The summed E-state index contributed by atoms with van der Waals surface area (Å²) < 4.78 is 5.04. The molecule has 19 heavy (non-hydrogen) atoms. The molecule has 0 aliphatic heterocycles. The van der Waals surface area contributed by atoms with Crippen LogP contribution in [0, 0.1) is 0 Å². The molecule has 0 radical (unpaired) electrons. The Labute approximate surface area is 114 Å². The summed E-state index contributed by atoms with van der Waals surface area (Å²) in [5.41, 5.74) is 0.999. The third kappa shape index (κ3) is 5.49. The first-order valence-corrected chi connectivity index (χ1v) is 6.78. The van der Waals surface area contributed by atoms with Crippen LogP contribution >= 0.6 is 0 Å². The Morgan fingerprint density at radius 1 is 1.16 bits per heavy atom. The minimum atomic E-state index is -0.499. The average Bonchev–Trinajstić information content (AvgIpc) is 2.38. The van der Waals surface area contributed by atoms with Crippen molar-refractivity contribution in [3.8, 4) is 11.5 Å². The number of aromatic hydroxyl groups is 1. The van der Waals surface area contributed by atoms with E-state index in [0.29, 0.717) is 25.0 Å². The van der Waals surface area contributed by atoms with E-state index in [1.165, 1.54) is 7.11 Å². The number of ether oxygens (including phenoxy) is 1. The molecular formula is C15H24O4. The van der Waals surface area contributed by atoms with Crippen molar-refractivity contribution < 1.29 is 20.1 Å². The first-order valence-electron chi connectivity index (χ1n) is 6.78. The Balaban J connectivity index is 2.43. The second-order valence-electron chi connectivity index (χ2n) is 4.88. The first-order chi connectivity index (χ1) is 9.06. The quantitative estimate of drug-likeness (QED) is 0.676. The van der Waals surface area contributed by atoms with Gasteiger partial charge in [0.25, 0.3) is 0 Å². The van der Waals surface area contributed by atoms with Crippen LogP contribution in [0.4, 0.5) is 0 Å². The van der Waals surface area contributed by atoms with Gasteiger partial charge in [0.1, 0.15) is 0 Å². The molecule has 0 bridgehead atoms. The molecule has 0 spiro atoms. The Hall–Kier alpha value is -1.26. The molecule has 2 atom stereocenters. The standard InChI is InChI=1S/C15H24O4/c1-3-4-12(16)10-13(17)7-5-11-6-8-14(18)15(9-11)19-2/h6,8-9,12-13,16-18H,3-5,7,10H2,1-2H3/t12-,13+/m0/s1. The first kappa shape index (κ1) is 15.8. The molecule has 0 aliphatic carbocycles. The van der Waals surface area contributed by atoms with Crippen molar-refractivity contribution in [2.45, 2.75) is 51.2 Å². The molecule has 3 N–H and O–H groups in total. The largest absolute Gasteiger partial charge is 0.504 e. The van der Waals surface area contributed by atoms with Gasteiger partial charge in [-0.3, -0.25) is 0 Å². The maximum absolute atomic E-state index is 9.85. The Morgan fingerprint density at radius 2 is 1.84 bits per heavy atom. The van der Waals surface area contributed by atoms with Crippen LogP contribution in [0.25, 0.3) is 0 Å². The van der Waals surface area contributed by atoms with Crippen LogP contribution in [0.5, 0.6) is 11.5 Å². The number of aliphatic hydroxyl groups is 2. The molecule has 0 unspecified atom stereocenters. The van der Waals surface area contributed by atoms with Crippen LogP contribution in [0.1, 0.15) is 38.2 Å². The molecule has 4 nitrogen and oxygen atoms in total. The van der Waals surface area contributed by atoms with Crippen molar-refractivity contribution in [2.24, 2.45) is 0 Å². The van der Waals surface area contributed by atoms with Crippen LogP contribution < -0.4 is 4.74 Å². The lowest BCUT2D eigenvalue weighted by molar-refractivity contribution is 0.0708. The van der Waals surface area contributed by atoms with E-state index in [1.54, 1.807) is 12.1 Å². The minimum Gasteiger partial charge on any atom is -0.504 e. The highest BCUT2D eigenvalue weighted by Gasteiger charge is 2.12. The highest BCUT2D eigenvalue weighted by molar-refractivity contribution is 5.41. The van der Waals surface area contributed by atoms with Gasteiger partial charge < -0.3 is 20.1 Å². The van der Waals surface area contributed by atoms with Gasteiger partial charge >= 0.3 is 0 Å². The third-order valence-electron chi connectivity index (χ3n) is 3.18. The minimum absolute atomic E-state index is 0.116. The van der Waals surface area contributed by atoms with Crippen LogP contribution in [-0.4, -0.2) is 34.6 Å². The van der Waals surface area contributed by atoms with E-state index in [2.05, 4.69) is 0 Å². The number of hydrogen-bond donors (Lipinski definition) is 3. The fraction of sp³-hybridized carbons (Fsp3) is 0.600. The van der Waals surface area contributed by atoms with Gasteiger partial charge in [-0.25, -0.2) is 0 Å². The summed E-state index contributed by atoms with van der Waals surface area (Å²) in [5.74, 6) is 0.558. The van der Waals surface area contributed by atoms with E-state index < -0.39 is 12.2 Å². The fourth-order valence-electron chi connectivity index (χ4n) is 2.09. The van der Waals surface area contributed by atoms with Crippen molar-refractivity contribution in [1.82, 2.24) is 0 Å². The van der Waals surface area contributed by atoms with Crippen LogP contribution in [0.15, 0.2) is 18.2 Å². The van der Waals surface area contributed by atoms with Gasteiger partial charge in [0.2, 0.25) is 0 Å². The lowest BCUT2D eigenvalue weighted by Gasteiger charge is -2.15. The summed E-state index contributed by atoms with van der Waals surface area (Å²) in [4.78, 5) is 0. The molecule has 0 aliphatic rings. The van der Waals surface area contributed by atoms with E-state index in [1.807, 2.05) is 13.0 Å². The van der Waals surface area contributed by atoms with E-state index in [9.17, 15) is 15.3 Å². The summed E-state index contributed by atoms with van der Waals surface area (Å²) in [5, 5.41) is 29.0. The van der Waals surface area contributed by atoms with Gasteiger partial charge in [-0.15, -0.1) is 0 Å². The molecule has 0 amide bonds. The lowest BCUT2D eigenvalue weighted by Crippen LogP contribution is -2.18. The van der Waals surface area contributed by atoms with Crippen molar-refractivity contribution in [3.63, 3.8) is 0 Å². The Kier molecular flexibility index (Phi) is 6.67. The zero-order chi connectivity index (χ0) is 14.3. The number of hydrogen-bond acceptors (Lipinski definition) is 4. The molecule has 0 fully saturated rings. The highest BCUT2D eigenvalue weighted by atomic mass is 16.5. The Morgan fingerprint density at radius 3 is 2.47 bits per heavy atom. The molecule has 0 aromatic heterocycles. The SMILES string of the molecule is CCC[C@H](O)C[C@H](O)CCc1ccc(O)c(OC)c1. The van der Waals surface area contributed by atoms with Crippen molar-refractivity contribution >= 4 is 0 Å². The number of aryl methyl sites for hydroxylation is 1. The molecule has 108 valence electrons. The van der Waals surface area contributed by atoms with Crippen LogP contribution in [-0.2, 0) is 6.42 Å². The zero-order valence-electron chi connectivity index (χ0n) is 11.7. The second kappa shape index (κ2) is 8.02. The van der Waals surface area contributed by atoms with E-state index in [4.69, 9.17) is 4.74 Å². The van der Waals surface area contributed by atoms with E-state index in [-0.39, 0.29) is 5.75 Å². The number of phenols is 1. The van der Waals surface area contributed by atoms with Gasteiger partial charge in [-0.1, -0.05) is 19.4 Å². The monoisotopic (exact) mass is 268 g/mol.